The van der Waals surface area contributed by atoms with Crippen molar-refractivity contribution in [3.05, 3.63) is 77.3 Å². The summed E-state index contributed by atoms with van der Waals surface area (Å²) in [6.45, 7) is 5.12. The van der Waals surface area contributed by atoms with Crippen molar-refractivity contribution in [3.8, 4) is 0 Å². The second-order valence-electron chi connectivity index (χ2n) is 6.66. The normalized spacial score (nSPS) is 11.7. The molecule has 1 aromatic carbocycles. The molecule has 0 fully saturated rings. The van der Waals surface area contributed by atoms with Crippen molar-refractivity contribution in [1.82, 2.24) is 23.8 Å². The molecule has 0 N–H and O–H groups in total. The second kappa shape index (κ2) is 8.02. The molecule has 0 aliphatic heterocycles. The Bertz CT molecular complexity index is 1000. The number of benzene rings is 1. The van der Waals surface area contributed by atoms with E-state index in [1.54, 1.807) is 23.6 Å². The summed E-state index contributed by atoms with van der Waals surface area (Å²) in [4.78, 5) is 12.0. The largest absolute Gasteiger partial charge is 0.337 e. The summed E-state index contributed by atoms with van der Waals surface area (Å²) in [5.41, 5.74) is 2.93. The summed E-state index contributed by atoms with van der Waals surface area (Å²) in [7, 11) is 0. The number of aromatic nitrogens is 4. The predicted octanol–water partition coefficient (Wildman–Crippen LogP) is 4.13. The number of aryl methyl sites for hydroxylation is 2. The van der Waals surface area contributed by atoms with Crippen LogP contribution in [0.5, 0.6) is 0 Å². The van der Waals surface area contributed by atoms with Gasteiger partial charge in [-0.25, -0.2) is 14.4 Å². The number of halogens is 1. The Kier molecular flexibility index (Phi) is 5.31. The van der Waals surface area contributed by atoms with E-state index in [0.29, 0.717) is 6.54 Å². The molecule has 0 atom stereocenters. The van der Waals surface area contributed by atoms with E-state index >= 15 is 0 Å². The summed E-state index contributed by atoms with van der Waals surface area (Å²) in [5, 5.41) is 2.05. The quantitative estimate of drug-likeness (QED) is 0.459. The van der Waals surface area contributed by atoms with Crippen molar-refractivity contribution >= 4 is 16.3 Å². The number of fused-ring (bicyclic) bond motifs is 1. The van der Waals surface area contributed by atoms with Crippen molar-refractivity contribution in [2.45, 2.75) is 33.0 Å². The van der Waals surface area contributed by atoms with Crippen LogP contribution in [0.25, 0.3) is 4.96 Å². The van der Waals surface area contributed by atoms with Crippen LogP contribution in [0.1, 0.15) is 23.4 Å². The highest BCUT2D eigenvalue weighted by Crippen LogP contribution is 2.20. The van der Waals surface area contributed by atoms with E-state index in [1.807, 2.05) is 37.0 Å². The number of nitrogens with zero attached hydrogens (tertiary/aromatic N) is 5. The Balaban J connectivity index is 1.52. The zero-order chi connectivity index (χ0) is 18.6. The fraction of sp³-hybridized carbons (Fsp3) is 0.300. The summed E-state index contributed by atoms with van der Waals surface area (Å²) in [5.74, 6) is -0.150. The van der Waals surface area contributed by atoms with Gasteiger partial charge >= 0.3 is 0 Å². The Hall–Kier alpha value is -2.51. The Morgan fingerprint density at radius 3 is 2.89 bits per heavy atom. The zero-order valence-corrected chi connectivity index (χ0v) is 16.1. The van der Waals surface area contributed by atoms with Crippen molar-refractivity contribution in [3.63, 3.8) is 0 Å². The SMILES string of the molecule is Cc1nc2sccn2c1CN(CCCn1ccnc1)Cc1ccccc1F. The van der Waals surface area contributed by atoms with Crippen LogP contribution in [0, 0.1) is 12.7 Å². The van der Waals surface area contributed by atoms with Crippen molar-refractivity contribution in [1.29, 1.82) is 0 Å². The summed E-state index contributed by atoms with van der Waals surface area (Å²) in [6.07, 6.45) is 8.62. The fourth-order valence-electron chi connectivity index (χ4n) is 3.32. The summed E-state index contributed by atoms with van der Waals surface area (Å²) < 4.78 is 18.4. The third-order valence-electron chi connectivity index (χ3n) is 4.74. The molecule has 0 unspecified atom stereocenters. The smallest absolute Gasteiger partial charge is 0.194 e. The van der Waals surface area contributed by atoms with E-state index in [2.05, 4.69) is 30.0 Å². The molecule has 5 nitrogen and oxygen atoms in total. The third-order valence-corrected chi connectivity index (χ3v) is 5.49. The van der Waals surface area contributed by atoms with Gasteiger partial charge in [0.05, 0.1) is 17.7 Å². The molecule has 4 aromatic rings. The monoisotopic (exact) mass is 383 g/mol. The molecule has 3 heterocycles. The van der Waals surface area contributed by atoms with Gasteiger partial charge in [-0.05, 0) is 19.4 Å². The Morgan fingerprint density at radius 2 is 2.07 bits per heavy atom. The van der Waals surface area contributed by atoms with Gasteiger partial charge in [-0.2, -0.15) is 0 Å². The lowest BCUT2D eigenvalue weighted by Crippen LogP contribution is -2.26. The molecule has 7 heteroatoms. The molecule has 0 amide bonds. The molecule has 4 rings (SSSR count). The molecule has 0 bridgehead atoms. The molecular weight excluding hydrogens is 361 g/mol. The van der Waals surface area contributed by atoms with E-state index in [-0.39, 0.29) is 5.82 Å². The number of imidazole rings is 2. The average molecular weight is 383 g/mol. The predicted molar refractivity (Wildman–Crippen MR) is 105 cm³/mol. The molecule has 140 valence electrons. The number of thiazole rings is 1. The maximum atomic E-state index is 14.2. The highest BCUT2D eigenvalue weighted by molar-refractivity contribution is 7.15. The highest BCUT2D eigenvalue weighted by atomic mass is 32.1. The van der Waals surface area contributed by atoms with Crippen LogP contribution < -0.4 is 0 Å². The lowest BCUT2D eigenvalue weighted by molar-refractivity contribution is 0.241. The van der Waals surface area contributed by atoms with Crippen LogP contribution in [0.2, 0.25) is 0 Å². The van der Waals surface area contributed by atoms with Gasteiger partial charge < -0.3 is 4.57 Å². The third kappa shape index (κ3) is 4.09. The molecular formula is C20H22FN5S. The number of hydrogen-bond donors (Lipinski definition) is 0. The van der Waals surface area contributed by atoms with E-state index in [0.717, 1.165) is 42.3 Å². The molecule has 0 saturated heterocycles. The Morgan fingerprint density at radius 1 is 1.19 bits per heavy atom. The van der Waals surface area contributed by atoms with Crippen LogP contribution in [-0.4, -0.2) is 30.4 Å². The average Bonchev–Trinajstić information content (AvgIpc) is 3.37. The van der Waals surface area contributed by atoms with Crippen LogP contribution >= 0.6 is 11.3 Å². The number of rotatable bonds is 8. The lowest BCUT2D eigenvalue weighted by atomic mass is 10.2. The maximum absolute atomic E-state index is 14.2. The van der Waals surface area contributed by atoms with E-state index < -0.39 is 0 Å². The van der Waals surface area contributed by atoms with E-state index in [9.17, 15) is 4.39 Å². The topological polar surface area (TPSA) is 38.4 Å². The van der Waals surface area contributed by atoms with Crippen LogP contribution in [-0.2, 0) is 19.6 Å². The first-order chi connectivity index (χ1) is 13.2. The molecule has 0 spiro atoms. The maximum Gasteiger partial charge on any atom is 0.194 e. The van der Waals surface area contributed by atoms with Gasteiger partial charge in [-0.15, -0.1) is 11.3 Å². The molecule has 0 aliphatic carbocycles. The molecule has 3 aromatic heterocycles. The van der Waals surface area contributed by atoms with E-state index in [1.165, 1.54) is 11.8 Å². The zero-order valence-electron chi connectivity index (χ0n) is 15.3. The summed E-state index contributed by atoms with van der Waals surface area (Å²) in [6, 6.07) is 7.02. The second-order valence-corrected chi connectivity index (χ2v) is 7.53. The first kappa shape index (κ1) is 17.9. The van der Waals surface area contributed by atoms with Gasteiger partial charge in [0.25, 0.3) is 0 Å². The molecule has 0 radical (unpaired) electrons. The van der Waals surface area contributed by atoms with Crippen LogP contribution in [0.15, 0.2) is 54.6 Å². The fourth-order valence-corrected chi connectivity index (χ4v) is 4.10. The van der Waals surface area contributed by atoms with E-state index in [4.69, 9.17) is 0 Å². The highest BCUT2D eigenvalue weighted by Gasteiger charge is 2.15. The molecule has 27 heavy (non-hydrogen) atoms. The molecule has 0 aliphatic rings. The first-order valence-corrected chi connectivity index (χ1v) is 9.91. The first-order valence-electron chi connectivity index (χ1n) is 9.03. The minimum atomic E-state index is -0.150. The Labute approximate surface area is 161 Å². The van der Waals surface area contributed by atoms with Crippen molar-refractivity contribution in [2.75, 3.05) is 6.54 Å². The van der Waals surface area contributed by atoms with Crippen molar-refractivity contribution < 1.29 is 4.39 Å². The van der Waals surface area contributed by atoms with Gasteiger partial charge in [0.1, 0.15) is 5.82 Å². The van der Waals surface area contributed by atoms with Gasteiger partial charge in [-0.3, -0.25) is 9.30 Å². The standard InChI is InChI=1S/C20H22FN5S/c1-16-19(26-11-12-27-20(26)23-16)14-25(9-4-8-24-10-7-22-15-24)13-17-5-2-3-6-18(17)21/h2-3,5-7,10-12,15H,4,8-9,13-14H2,1H3. The number of hydrogen-bond acceptors (Lipinski definition) is 4. The summed E-state index contributed by atoms with van der Waals surface area (Å²) >= 11 is 1.64. The van der Waals surface area contributed by atoms with Gasteiger partial charge in [0.2, 0.25) is 0 Å². The van der Waals surface area contributed by atoms with Crippen LogP contribution in [0.3, 0.4) is 0 Å². The van der Waals surface area contributed by atoms with Gasteiger partial charge in [0, 0.05) is 55.7 Å². The molecule has 0 saturated carbocycles. The van der Waals surface area contributed by atoms with Crippen molar-refractivity contribution in [2.24, 2.45) is 0 Å². The minimum absolute atomic E-state index is 0.150. The van der Waals surface area contributed by atoms with Gasteiger partial charge in [-0.1, -0.05) is 18.2 Å². The van der Waals surface area contributed by atoms with Gasteiger partial charge in [0.15, 0.2) is 4.96 Å². The lowest BCUT2D eigenvalue weighted by Gasteiger charge is -2.23. The van der Waals surface area contributed by atoms with Crippen LogP contribution in [0.4, 0.5) is 4.39 Å². The minimum Gasteiger partial charge on any atom is -0.337 e.